The summed E-state index contributed by atoms with van der Waals surface area (Å²) in [5.41, 5.74) is 7.59. The molecule has 14 nitrogen and oxygen atoms in total. The van der Waals surface area contributed by atoms with Crippen LogP contribution in [-0.2, 0) is 19.4 Å². The number of hydrogen-bond acceptors (Lipinski definition) is 11. The summed E-state index contributed by atoms with van der Waals surface area (Å²) >= 11 is 0. The molecule has 0 spiro atoms. The lowest BCUT2D eigenvalue weighted by Gasteiger charge is -2.24. The number of carbonyl (C=O) groups excluding carboxylic acids is 2. The van der Waals surface area contributed by atoms with Crippen molar-refractivity contribution < 1.29 is 27.5 Å². The van der Waals surface area contributed by atoms with Crippen LogP contribution in [0.25, 0.3) is 11.4 Å². The average molecular weight is 939 g/mol. The maximum absolute atomic E-state index is 14.1. The van der Waals surface area contributed by atoms with Gasteiger partial charge in [0.25, 0.3) is 0 Å². The minimum absolute atomic E-state index is 0.0472. The van der Waals surface area contributed by atoms with Gasteiger partial charge in [-0.25, -0.2) is 13.4 Å². The van der Waals surface area contributed by atoms with Gasteiger partial charge in [-0.3, -0.25) is 9.59 Å². The second kappa shape index (κ2) is 23.9. The molecule has 67 heavy (non-hydrogen) atoms. The summed E-state index contributed by atoms with van der Waals surface area (Å²) in [6.45, 7) is 20.5. The summed E-state index contributed by atoms with van der Waals surface area (Å²) in [5, 5.41) is 20.4. The lowest BCUT2D eigenvalue weighted by Crippen LogP contribution is -2.45. The number of aliphatic imine (C=N–C) groups is 1. The third-order valence-corrected chi connectivity index (χ3v) is 13.2. The topological polar surface area (TPSA) is 169 Å². The van der Waals surface area contributed by atoms with Crippen LogP contribution in [0.2, 0.25) is 0 Å². The Kier molecular flexibility index (Phi) is 18.7. The van der Waals surface area contributed by atoms with Gasteiger partial charge in [-0.1, -0.05) is 85.1 Å². The molecule has 0 radical (unpaired) electrons. The molecule has 0 saturated heterocycles. The van der Waals surface area contributed by atoms with E-state index in [1.807, 2.05) is 64.1 Å². The molecule has 5 rings (SSSR count). The first-order valence-electron chi connectivity index (χ1n) is 24.0. The Hall–Kier alpha value is -5.57. The van der Waals surface area contributed by atoms with Crippen molar-refractivity contribution in [2.45, 2.75) is 139 Å². The van der Waals surface area contributed by atoms with E-state index in [0.717, 1.165) is 88.5 Å². The van der Waals surface area contributed by atoms with Crippen LogP contribution in [0.5, 0.6) is 11.5 Å². The highest BCUT2D eigenvalue weighted by molar-refractivity contribution is 7.90. The zero-order chi connectivity index (χ0) is 48.9. The Morgan fingerprint density at radius 2 is 1.48 bits per heavy atom. The number of carbonyl (C=O) groups is 2. The maximum atomic E-state index is 14.1. The van der Waals surface area contributed by atoms with E-state index < -0.39 is 27.2 Å². The lowest BCUT2D eigenvalue weighted by molar-refractivity contribution is -0.126. The molecule has 1 aromatic heterocycles. The molecule has 1 unspecified atom stereocenters. The zero-order valence-corrected chi connectivity index (χ0v) is 42.7. The molecule has 0 aliphatic carbocycles. The van der Waals surface area contributed by atoms with E-state index in [0.29, 0.717) is 42.6 Å². The van der Waals surface area contributed by atoms with Crippen molar-refractivity contribution >= 4 is 50.1 Å². The van der Waals surface area contributed by atoms with Gasteiger partial charge >= 0.3 is 0 Å². The van der Waals surface area contributed by atoms with E-state index in [-0.39, 0.29) is 24.5 Å². The quantitative estimate of drug-likeness (QED) is 0.0614. The third-order valence-electron chi connectivity index (χ3n) is 12.2. The number of rotatable bonds is 25. The minimum atomic E-state index is -3.40. The first-order valence-corrected chi connectivity index (χ1v) is 26.1. The van der Waals surface area contributed by atoms with E-state index in [9.17, 15) is 18.0 Å². The van der Waals surface area contributed by atoms with Crippen LogP contribution in [0.1, 0.15) is 133 Å². The van der Waals surface area contributed by atoms with E-state index in [4.69, 9.17) is 19.6 Å². The van der Waals surface area contributed by atoms with Gasteiger partial charge in [-0.05, 0) is 112 Å². The molecule has 4 aromatic rings. The number of nitrogens with zero attached hydrogens (tertiary/aromatic N) is 6. The van der Waals surface area contributed by atoms with Crippen molar-refractivity contribution in [1.82, 2.24) is 20.2 Å². The molecule has 1 aliphatic heterocycles. The number of aryl methyl sites for hydroxylation is 3. The fourth-order valence-corrected chi connectivity index (χ4v) is 9.10. The molecule has 0 saturated carbocycles. The first-order chi connectivity index (χ1) is 31.8. The van der Waals surface area contributed by atoms with Gasteiger partial charge in [-0.2, -0.15) is 9.78 Å². The summed E-state index contributed by atoms with van der Waals surface area (Å²) in [6.07, 6.45) is 11.4. The largest absolute Gasteiger partial charge is 0.497 e. The highest BCUT2D eigenvalue weighted by atomic mass is 32.2. The number of nitrogens with one attached hydrogen (secondary N) is 2. The molecule has 2 N–H and O–H groups in total. The van der Waals surface area contributed by atoms with Gasteiger partial charge in [0.1, 0.15) is 39.7 Å². The molecule has 15 heteroatoms. The van der Waals surface area contributed by atoms with Gasteiger partial charge in [0.2, 0.25) is 17.6 Å². The molecule has 364 valence electrons. The number of ether oxygens (including phenoxy) is 2. The van der Waals surface area contributed by atoms with Gasteiger partial charge in [0.15, 0.2) is 5.82 Å². The SMILES string of the molecule is CCCCCCCCCCCC(=O)NC(CCS(C)(=O)=O)C(=O)Nc1c(C)cc(C)c(-c2nnc3n2N=C(C(C)(C)C)/C3=N/c2ccc(N(CC)CCOc3ccc(OC)cc3)cc2C)c1C. The second-order valence-electron chi connectivity index (χ2n) is 18.9. The van der Waals surface area contributed by atoms with Gasteiger partial charge in [0, 0.05) is 41.6 Å². The van der Waals surface area contributed by atoms with Crippen LogP contribution >= 0.6 is 0 Å². The number of hydrogen-bond donors (Lipinski definition) is 2. The molecule has 2 heterocycles. The Bertz CT molecular complexity index is 2510. The van der Waals surface area contributed by atoms with E-state index in [1.54, 1.807) is 11.8 Å². The average Bonchev–Trinajstić information content (AvgIpc) is 3.85. The molecule has 1 aliphatic rings. The van der Waals surface area contributed by atoms with Gasteiger partial charge in [-0.15, -0.1) is 10.2 Å². The van der Waals surface area contributed by atoms with Gasteiger partial charge < -0.3 is 25.0 Å². The van der Waals surface area contributed by atoms with Crippen molar-refractivity contribution in [2.75, 3.05) is 49.0 Å². The van der Waals surface area contributed by atoms with Crippen LogP contribution in [-0.4, -0.2) is 91.4 Å². The number of benzene rings is 3. The Balaban J connectivity index is 1.36. The van der Waals surface area contributed by atoms with Crippen molar-refractivity contribution in [2.24, 2.45) is 15.5 Å². The maximum Gasteiger partial charge on any atom is 0.246 e. The molecule has 0 fully saturated rings. The van der Waals surface area contributed by atoms with E-state index in [1.165, 1.54) is 32.1 Å². The van der Waals surface area contributed by atoms with Crippen molar-refractivity contribution in [1.29, 1.82) is 0 Å². The Labute approximate surface area is 399 Å². The molecule has 3 aromatic carbocycles. The predicted molar refractivity (Wildman–Crippen MR) is 272 cm³/mol. The highest BCUT2D eigenvalue weighted by Gasteiger charge is 2.36. The molecular formula is C52H74N8O6S. The normalized spacial score (nSPS) is 13.6. The highest BCUT2D eigenvalue weighted by Crippen LogP contribution is 2.37. The molecule has 0 bridgehead atoms. The fraction of sp³-hybridized carbons (Fsp3) is 0.538. The number of methoxy groups -OCH3 is 1. The number of amides is 2. The molecule has 1 atom stereocenters. The number of anilines is 2. The van der Waals surface area contributed by atoms with Crippen LogP contribution in [0, 0.1) is 33.1 Å². The van der Waals surface area contributed by atoms with Gasteiger partial charge in [0.05, 0.1) is 30.8 Å². The monoisotopic (exact) mass is 939 g/mol. The predicted octanol–water partition coefficient (Wildman–Crippen LogP) is 10.3. The second-order valence-corrected chi connectivity index (χ2v) is 21.1. The summed E-state index contributed by atoms with van der Waals surface area (Å²) in [4.78, 5) is 34.7. The molecule has 2 amide bonds. The van der Waals surface area contributed by atoms with Crippen LogP contribution in [0.15, 0.2) is 58.6 Å². The minimum Gasteiger partial charge on any atom is -0.497 e. The number of unbranched alkanes of at least 4 members (excludes halogenated alkanes) is 8. The summed E-state index contributed by atoms with van der Waals surface area (Å²) in [5.74, 6) is 1.59. The summed E-state index contributed by atoms with van der Waals surface area (Å²) in [6, 6.07) is 14.8. The first kappa shape index (κ1) is 52.4. The zero-order valence-electron chi connectivity index (χ0n) is 41.8. The summed E-state index contributed by atoms with van der Waals surface area (Å²) in [7, 11) is -1.76. The smallest absolute Gasteiger partial charge is 0.246 e. The van der Waals surface area contributed by atoms with Crippen LogP contribution < -0.4 is 25.0 Å². The van der Waals surface area contributed by atoms with Crippen LogP contribution in [0.4, 0.5) is 17.1 Å². The fourth-order valence-electron chi connectivity index (χ4n) is 8.43. The van der Waals surface area contributed by atoms with E-state index in [2.05, 4.69) is 72.5 Å². The van der Waals surface area contributed by atoms with Crippen LogP contribution in [0.3, 0.4) is 0 Å². The van der Waals surface area contributed by atoms with Crippen molar-refractivity contribution in [3.8, 4) is 22.9 Å². The standard InChI is InChI=1S/C52H74N8O6S/c1-12-14-15-16-17-18-19-20-21-22-44(61)53-43(29-32-67(11,63)64)51(62)55-46-37(5)33-36(4)45(38(46)6)49-56-57-50-47(48(52(7,8)9)58-60(49)50)54-42-28-23-39(34-35(42)3)59(13-2)30-31-66-41-26-24-40(65-10)25-27-41/h23-28,33-34,43H,12-22,29-32H2,1-11H3,(H,53,61)(H,55,62)/b54-47-. The van der Waals surface area contributed by atoms with Crippen molar-refractivity contribution in [3.05, 3.63) is 76.6 Å². The molecular weight excluding hydrogens is 865 g/mol. The number of aromatic nitrogens is 3. The van der Waals surface area contributed by atoms with E-state index >= 15 is 0 Å². The third kappa shape index (κ3) is 14.5. The number of sulfone groups is 1. The number of likely N-dealkylation sites (N-methyl/N-ethyl adjacent to an activating group) is 1. The lowest BCUT2D eigenvalue weighted by atomic mass is 9.87. The summed E-state index contributed by atoms with van der Waals surface area (Å²) < 4.78 is 37.5. The van der Waals surface area contributed by atoms with Crippen molar-refractivity contribution in [3.63, 3.8) is 0 Å². The number of fused-ring (bicyclic) bond motifs is 1. The Morgan fingerprint density at radius 3 is 2.09 bits per heavy atom. The Morgan fingerprint density at radius 1 is 0.836 bits per heavy atom.